The van der Waals surface area contributed by atoms with E-state index in [-0.39, 0.29) is 0 Å². The molecular weight excluding hydrogens is 196 g/mol. The summed E-state index contributed by atoms with van der Waals surface area (Å²) in [5.74, 6) is 1.98. The first-order valence-electron chi connectivity index (χ1n) is 6.01. The van der Waals surface area contributed by atoms with Gasteiger partial charge in [0.15, 0.2) is 0 Å². The van der Waals surface area contributed by atoms with Crippen LogP contribution in [-0.4, -0.2) is 0 Å². The Kier molecular flexibility index (Phi) is 3.81. The SMILES string of the molecule is CCCC1=C(Oc2ccccc2)C=CCC1. The highest BCUT2D eigenvalue weighted by molar-refractivity contribution is 5.31. The fraction of sp³-hybridized carbons (Fsp3) is 0.333. The minimum Gasteiger partial charge on any atom is -0.457 e. The maximum absolute atomic E-state index is 5.91. The average Bonchev–Trinajstić information content (AvgIpc) is 2.33. The lowest BCUT2D eigenvalue weighted by Crippen LogP contribution is -2.01. The van der Waals surface area contributed by atoms with Crippen molar-refractivity contribution < 1.29 is 4.74 Å². The van der Waals surface area contributed by atoms with Crippen LogP contribution in [0.1, 0.15) is 32.6 Å². The molecule has 0 amide bonds. The van der Waals surface area contributed by atoms with E-state index in [0.717, 1.165) is 30.8 Å². The van der Waals surface area contributed by atoms with E-state index in [1.807, 2.05) is 30.3 Å². The molecule has 0 saturated carbocycles. The predicted molar refractivity (Wildman–Crippen MR) is 67.4 cm³/mol. The third kappa shape index (κ3) is 2.75. The van der Waals surface area contributed by atoms with Gasteiger partial charge in [0.25, 0.3) is 0 Å². The zero-order chi connectivity index (χ0) is 11.2. The molecule has 2 rings (SSSR count). The first kappa shape index (κ1) is 11.0. The molecule has 1 aromatic carbocycles. The third-order valence-corrected chi connectivity index (χ3v) is 2.75. The van der Waals surface area contributed by atoms with Gasteiger partial charge in [0.1, 0.15) is 11.5 Å². The summed E-state index contributed by atoms with van der Waals surface area (Å²) in [4.78, 5) is 0. The maximum Gasteiger partial charge on any atom is 0.127 e. The second-order valence-electron chi connectivity index (χ2n) is 4.07. The summed E-state index contributed by atoms with van der Waals surface area (Å²) in [7, 11) is 0. The van der Waals surface area contributed by atoms with Crippen molar-refractivity contribution in [3.63, 3.8) is 0 Å². The minimum atomic E-state index is 0.928. The Balaban J connectivity index is 2.15. The van der Waals surface area contributed by atoms with Gasteiger partial charge >= 0.3 is 0 Å². The summed E-state index contributed by atoms with van der Waals surface area (Å²) in [6, 6.07) is 10.0. The Bertz CT molecular complexity index is 387. The van der Waals surface area contributed by atoms with Crippen LogP contribution >= 0.6 is 0 Å². The highest BCUT2D eigenvalue weighted by atomic mass is 16.5. The van der Waals surface area contributed by atoms with Crippen LogP contribution in [-0.2, 0) is 0 Å². The van der Waals surface area contributed by atoms with Crippen LogP contribution < -0.4 is 4.74 Å². The summed E-state index contributed by atoms with van der Waals surface area (Å²) in [6.45, 7) is 2.21. The Labute approximate surface area is 97.4 Å². The number of rotatable bonds is 4. The summed E-state index contributed by atoms with van der Waals surface area (Å²) in [5, 5.41) is 0. The zero-order valence-corrected chi connectivity index (χ0v) is 9.78. The van der Waals surface area contributed by atoms with Crippen LogP contribution in [0.4, 0.5) is 0 Å². The van der Waals surface area contributed by atoms with Gasteiger partial charge in [0, 0.05) is 0 Å². The average molecular weight is 214 g/mol. The van der Waals surface area contributed by atoms with E-state index in [2.05, 4.69) is 19.1 Å². The van der Waals surface area contributed by atoms with E-state index in [1.165, 1.54) is 12.0 Å². The number of hydrogen-bond donors (Lipinski definition) is 0. The van der Waals surface area contributed by atoms with Crippen molar-refractivity contribution in [1.29, 1.82) is 0 Å². The van der Waals surface area contributed by atoms with E-state index in [4.69, 9.17) is 4.74 Å². The highest BCUT2D eigenvalue weighted by Crippen LogP contribution is 2.25. The molecular formula is C15H18O. The molecule has 0 bridgehead atoms. The molecule has 0 N–H and O–H groups in total. The quantitative estimate of drug-likeness (QED) is 0.718. The normalized spacial score (nSPS) is 15.3. The Morgan fingerprint density at radius 3 is 2.75 bits per heavy atom. The van der Waals surface area contributed by atoms with Crippen molar-refractivity contribution in [2.75, 3.05) is 0 Å². The standard InChI is InChI=1S/C15H18O/c1-2-8-13-9-6-7-12-15(13)16-14-10-4-3-5-11-14/h3-5,7,10-12H,2,6,8-9H2,1H3. The van der Waals surface area contributed by atoms with Gasteiger partial charge in [-0.2, -0.15) is 0 Å². The van der Waals surface area contributed by atoms with Crippen molar-refractivity contribution in [3.8, 4) is 5.75 Å². The van der Waals surface area contributed by atoms with Crippen LogP contribution in [0.5, 0.6) is 5.75 Å². The molecule has 1 aromatic rings. The van der Waals surface area contributed by atoms with Gasteiger partial charge in [-0.25, -0.2) is 0 Å². The predicted octanol–water partition coefficient (Wildman–Crippen LogP) is 4.47. The molecule has 0 unspecified atom stereocenters. The van der Waals surface area contributed by atoms with Gasteiger partial charge in [-0.15, -0.1) is 0 Å². The minimum absolute atomic E-state index is 0.928. The van der Waals surface area contributed by atoms with Gasteiger partial charge in [-0.1, -0.05) is 37.6 Å². The molecule has 1 nitrogen and oxygen atoms in total. The molecule has 0 fully saturated rings. The molecule has 16 heavy (non-hydrogen) atoms. The fourth-order valence-electron chi connectivity index (χ4n) is 1.96. The summed E-state index contributed by atoms with van der Waals surface area (Å²) < 4.78 is 5.91. The number of allylic oxidation sites excluding steroid dienone is 3. The van der Waals surface area contributed by atoms with Crippen LogP contribution in [0.15, 0.2) is 53.8 Å². The molecule has 84 valence electrons. The van der Waals surface area contributed by atoms with Crippen molar-refractivity contribution in [2.24, 2.45) is 0 Å². The van der Waals surface area contributed by atoms with Crippen molar-refractivity contribution in [3.05, 3.63) is 53.8 Å². The molecule has 0 radical (unpaired) electrons. The van der Waals surface area contributed by atoms with Crippen LogP contribution in [0.25, 0.3) is 0 Å². The molecule has 0 atom stereocenters. The lowest BCUT2D eigenvalue weighted by molar-refractivity contribution is 0.428. The molecule has 1 aliphatic carbocycles. The smallest absolute Gasteiger partial charge is 0.127 e. The molecule has 1 aliphatic rings. The van der Waals surface area contributed by atoms with E-state index in [1.54, 1.807) is 0 Å². The lowest BCUT2D eigenvalue weighted by Gasteiger charge is -2.16. The molecule has 1 heteroatoms. The lowest BCUT2D eigenvalue weighted by atomic mass is 9.99. The first-order valence-corrected chi connectivity index (χ1v) is 6.01. The Morgan fingerprint density at radius 1 is 1.19 bits per heavy atom. The van der Waals surface area contributed by atoms with Crippen molar-refractivity contribution in [2.45, 2.75) is 32.6 Å². The van der Waals surface area contributed by atoms with Crippen molar-refractivity contribution in [1.82, 2.24) is 0 Å². The fourth-order valence-corrected chi connectivity index (χ4v) is 1.96. The topological polar surface area (TPSA) is 9.23 Å². The van der Waals surface area contributed by atoms with Gasteiger partial charge < -0.3 is 4.74 Å². The van der Waals surface area contributed by atoms with E-state index >= 15 is 0 Å². The van der Waals surface area contributed by atoms with Gasteiger partial charge in [-0.05, 0) is 43.0 Å². The summed E-state index contributed by atoms with van der Waals surface area (Å²) in [6.07, 6.45) is 8.93. The molecule has 0 aliphatic heterocycles. The number of hydrogen-bond acceptors (Lipinski definition) is 1. The van der Waals surface area contributed by atoms with Gasteiger partial charge in [0.2, 0.25) is 0 Å². The molecule has 0 saturated heterocycles. The summed E-state index contributed by atoms with van der Waals surface area (Å²) >= 11 is 0. The molecule has 0 aromatic heterocycles. The molecule has 0 spiro atoms. The summed E-state index contributed by atoms with van der Waals surface area (Å²) in [5.41, 5.74) is 1.45. The van der Waals surface area contributed by atoms with Gasteiger partial charge in [-0.3, -0.25) is 0 Å². The zero-order valence-electron chi connectivity index (χ0n) is 9.78. The van der Waals surface area contributed by atoms with Crippen molar-refractivity contribution >= 4 is 0 Å². The Morgan fingerprint density at radius 2 is 2.00 bits per heavy atom. The monoisotopic (exact) mass is 214 g/mol. The number of benzene rings is 1. The van der Waals surface area contributed by atoms with E-state index in [9.17, 15) is 0 Å². The third-order valence-electron chi connectivity index (χ3n) is 2.75. The van der Waals surface area contributed by atoms with Gasteiger partial charge in [0.05, 0.1) is 0 Å². The largest absolute Gasteiger partial charge is 0.457 e. The Hall–Kier alpha value is -1.50. The highest BCUT2D eigenvalue weighted by Gasteiger charge is 2.09. The second kappa shape index (κ2) is 5.55. The van der Waals surface area contributed by atoms with Crippen LogP contribution in [0.2, 0.25) is 0 Å². The number of para-hydroxylation sites is 1. The second-order valence-corrected chi connectivity index (χ2v) is 4.07. The first-order chi connectivity index (χ1) is 7.90. The van der Waals surface area contributed by atoms with Crippen LogP contribution in [0.3, 0.4) is 0 Å². The molecule has 0 heterocycles. The van der Waals surface area contributed by atoms with E-state index < -0.39 is 0 Å². The maximum atomic E-state index is 5.91. The van der Waals surface area contributed by atoms with Crippen LogP contribution in [0, 0.1) is 0 Å². The van der Waals surface area contributed by atoms with E-state index in [0.29, 0.717) is 0 Å². The number of ether oxygens (including phenoxy) is 1.